The van der Waals surface area contributed by atoms with Crippen molar-refractivity contribution in [3.05, 3.63) is 0 Å². The largest absolute Gasteiger partial charge is 0.394 e. The van der Waals surface area contributed by atoms with Crippen LogP contribution in [0.1, 0.15) is 0 Å². The highest BCUT2D eigenvalue weighted by Gasteiger charge is 2.29. The van der Waals surface area contributed by atoms with Gasteiger partial charge in [-0.05, 0) is 7.05 Å². The maximum Gasteiger partial charge on any atom is 0.111 e. The SMILES string of the molecule is CNC[C@H](O)[C@@H](O)[C@H](O)[C@H](O)CO.NCCN. The molecule has 0 saturated heterocycles. The molecule has 4 atom stereocenters. The van der Waals surface area contributed by atoms with Crippen LogP contribution in [-0.4, -0.2) is 83.2 Å². The number of aliphatic hydroxyl groups is 5. The van der Waals surface area contributed by atoms with Gasteiger partial charge in [0.05, 0.1) is 12.7 Å². The number of nitrogens with two attached hydrogens (primary N) is 2. The van der Waals surface area contributed by atoms with E-state index in [1.807, 2.05) is 0 Å². The van der Waals surface area contributed by atoms with Crippen molar-refractivity contribution in [1.29, 1.82) is 0 Å². The van der Waals surface area contributed by atoms with Crippen LogP contribution in [0.25, 0.3) is 0 Å². The fraction of sp³-hybridized carbons (Fsp3) is 1.00. The Morgan fingerprint density at radius 1 is 0.941 bits per heavy atom. The van der Waals surface area contributed by atoms with Crippen molar-refractivity contribution < 1.29 is 25.5 Å². The summed E-state index contributed by atoms with van der Waals surface area (Å²) in [6.07, 6.45) is -5.65. The quantitative estimate of drug-likeness (QED) is 0.225. The minimum Gasteiger partial charge on any atom is -0.394 e. The molecule has 0 aliphatic rings. The number of rotatable bonds is 7. The lowest BCUT2D eigenvalue weighted by molar-refractivity contribution is -0.113. The molecule has 0 radical (unpaired) electrons. The van der Waals surface area contributed by atoms with Gasteiger partial charge in [-0.3, -0.25) is 0 Å². The minimum atomic E-state index is -1.55. The van der Waals surface area contributed by atoms with Crippen molar-refractivity contribution in [2.45, 2.75) is 24.4 Å². The molecule has 0 heterocycles. The van der Waals surface area contributed by atoms with E-state index in [1.54, 1.807) is 7.05 Å². The molecule has 0 aliphatic carbocycles. The molecule has 0 saturated carbocycles. The molecule has 0 aliphatic heterocycles. The van der Waals surface area contributed by atoms with Crippen LogP contribution in [-0.2, 0) is 0 Å². The second-order valence-electron chi connectivity index (χ2n) is 3.43. The lowest BCUT2D eigenvalue weighted by atomic mass is 10.0. The van der Waals surface area contributed by atoms with E-state index in [0.29, 0.717) is 13.1 Å². The maximum absolute atomic E-state index is 9.21. The first-order valence-electron chi connectivity index (χ1n) is 5.34. The van der Waals surface area contributed by atoms with Crippen molar-refractivity contribution in [1.82, 2.24) is 5.32 Å². The van der Waals surface area contributed by atoms with Gasteiger partial charge in [0.1, 0.15) is 18.3 Å². The fourth-order valence-corrected chi connectivity index (χ4v) is 0.893. The van der Waals surface area contributed by atoms with E-state index in [2.05, 4.69) is 5.32 Å². The summed E-state index contributed by atoms with van der Waals surface area (Å²) >= 11 is 0. The summed E-state index contributed by atoms with van der Waals surface area (Å²) in [7, 11) is 1.57. The predicted octanol–water partition coefficient (Wildman–Crippen LogP) is -4.45. The second kappa shape index (κ2) is 12.1. The molecule has 0 aromatic heterocycles. The molecule has 0 fully saturated rings. The molecule has 0 aromatic rings. The van der Waals surface area contributed by atoms with Crippen LogP contribution >= 0.6 is 0 Å². The highest BCUT2D eigenvalue weighted by molar-refractivity contribution is 4.81. The number of aliphatic hydroxyl groups excluding tert-OH is 5. The van der Waals surface area contributed by atoms with Crippen molar-refractivity contribution in [2.24, 2.45) is 11.5 Å². The van der Waals surface area contributed by atoms with E-state index in [9.17, 15) is 5.11 Å². The Bertz CT molecular complexity index is 162. The molecule has 106 valence electrons. The summed E-state index contributed by atoms with van der Waals surface area (Å²) in [5.41, 5.74) is 9.81. The normalized spacial score (nSPS) is 17.6. The summed E-state index contributed by atoms with van der Waals surface area (Å²) in [5.74, 6) is 0. The van der Waals surface area contributed by atoms with E-state index < -0.39 is 31.0 Å². The lowest BCUT2D eigenvalue weighted by Gasteiger charge is -2.25. The minimum absolute atomic E-state index is 0.0936. The molecule has 0 aromatic carbocycles. The van der Waals surface area contributed by atoms with Gasteiger partial charge in [0.25, 0.3) is 0 Å². The van der Waals surface area contributed by atoms with Crippen molar-refractivity contribution >= 4 is 0 Å². The third-order valence-corrected chi connectivity index (χ3v) is 1.91. The van der Waals surface area contributed by atoms with Crippen LogP contribution < -0.4 is 16.8 Å². The Morgan fingerprint density at radius 2 is 1.35 bits per heavy atom. The zero-order chi connectivity index (χ0) is 13.8. The first-order valence-corrected chi connectivity index (χ1v) is 5.34. The maximum atomic E-state index is 9.21. The van der Waals surface area contributed by atoms with Gasteiger partial charge >= 0.3 is 0 Å². The molecule has 0 rings (SSSR count). The zero-order valence-electron chi connectivity index (χ0n) is 10.0. The number of hydrogen-bond donors (Lipinski definition) is 8. The topological polar surface area (TPSA) is 165 Å². The van der Waals surface area contributed by atoms with Crippen LogP contribution in [0.15, 0.2) is 0 Å². The molecule has 8 heteroatoms. The van der Waals surface area contributed by atoms with Gasteiger partial charge in [0.2, 0.25) is 0 Å². The van der Waals surface area contributed by atoms with Gasteiger partial charge in [-0.25, -0.2) is 0 Å². The highest BCUT2D eigenvalue weighted by Crippen LogP contribution is 2.04. The average Bonchev–Trinajstić information content (AvgIpc) is 2.36. The molecule has 0 unspecified atom stereocenters. The van der Waals surface area contributed by atoms with E-state index in [0.717, 1.165) is 0 Å². The summed E-state index contributed by atoms with van der Waals surface area (Å²) in [6, 6.07) is 0. The van der Waals surface area contributed by atoms with E-state index in [1.165, 1.54) is 0 Å². The number of likely N-dealkylation sites (N-methyl/N-ethyl adjacent to an activating group) is 1. The second-order valence-corrected chi connectivity index (χ2v) is 3.43. The van der Waals surface area contributed by atoms with Crippen LogP contribution in [0.2, 0.25) is 0 Å². The predicted molar refractivity (Wildman–Crippen MR) is 63.1 cm³/mol. The Labute approximate surface area is 101 Å². The molecule has 8 nitrogen and oxygen atoms in total. The van der Waals surface area contributed by atoms with Gasteiger partial charge in [0.15, 0.2) is 0 Å². The summed E-state index contributed by atoms with van der Waals surface area (Å²) in [6.45, 7) is 0.626. The number of nitrogens with one attached hydrogen (secondary N) is 1. The fourth-order valence-electron chi connectivity index (χ4n) is 0.893. The van der Waals surface area contributed by atoms with Crippen LogP contribution in [0.5, 0.6) is 0 Å². The first-order chi connectivity index (χ1) is 7.95. The van der Waals surface area contributed by atoms with E-state index in [-0.39, 0.29) is 6.54 Å². The average molecular weight is 255 g/mol. The third kappa shape index (κ3) is 9.39. The zero-order valence-corrected chi connectivity index (χ0v) is 10.0. The van der Waals surface area contributed by atoms with Gasteiger partial charge in [-0.1, -0.05) is 0 Å². The summed E-state index contributed by atoms with van der Waals surface area (Å²) in [5, 5.41) is 47.5. The Morgan fingerprint density at radius 3 is 1.65 bits per heavy atom. The van der Waals surface area contributed by atoms with Crippen LogP contribution in [0.4, 0.5) is 0 Å². The van der Waals surface area contributed by atoms with Gasteiger partial charge in [-0.2, -0.15) is 0 Å². The molecular formula is C9H25N3O5. The van der Waals surface area contributed by atoms with Crippen LogP contribution in [0.3, 0.4) is 0 Å². The van der Waals surface area contributed by atoms with Gasteiger partial charge in [-0.15, -0.1) is 0 Å². The highest BCUT2D eigenvalue weighted by atomic mass is 16.4. The molecule has 0 spiro atoms. The van der Waals surface area contributed by atoms with E-state index >= 15 is 0 Å². The van der Waals surface area contributed by atoms with Crippen molar-refractivity contribution in [3.8, 4) is 0 Å². The molecule has 0 bridgehead atoms. The van der Waals surface area contributed by atoms with E-state index in [4.69, 9.17) is 31.9 Å². The monoisotopic (exact) mass is 255 g/mol. The first kappa shape index (κ1) is 19.0. The van der Waals surface area contributed by atoms with Crippen molar-refractivity contribution in [2.75, 3.05) is 33.3 Å². The van der Waals surface area contributed by atoms with Crippen molar-refractivity contribution in [3.63, 3.8) is 0 Å². The Kier molecular flexibility index (Phi) is 13.6. The Hall–Kier alpha value is -0.320. The van der Waals surface area contributed by atoms with Gasteiger partial charge < -0.3 is 42.3 Å². The number of hydrogen-bond acceptors (Lipinski definition) is 8. The van der Waals surface area contributed by atoms with Crippen LogP contribution in [0, 0.1) is 0 Å². The Balaban J connectivity index is 0. The summed E-state index contributed by atoms with van der Waals surface area (Å²) in [4.78, 5) is 0. The molecule has 10 N–H and O–H groups in total. The lowest BCUT2D eigenvalue weighted by Crippen LogP contribution is -2.48. The third-order valence-electron chi connectivity index (χ3n) is 1.91. The smallest absolute Gasteiger partial charge is 0.111 e. The molecule has 0 amide bonds. The van der Waals surface area contributed by atoms with Gasteiger partial charge in [0, 0.05) is 19.6 Å². The summed E-state index contributed by atoms with van der Waals surface area (Å²) < 4.78 is 0. The molecule has 17 heavy (non-hydrogen) atoms. The standard InChI is InChI=1S/C7H17NO5.C2H8N2/c1-8-2-4(10)6(12)7(13)5(11)3-9;3-1-2-4/h4-13H,2-3H2,1H3;1-4H2/t4-,5+,6+,7+;/m0./s1. The molecular weight excluding hydrogens is 230 g/mol.